The first-order valence-corrected chi connectivity index (χ1v) is 8.90. The summed E-state index contributed by atoms with van der Waals surface area (Å²) in [6.07, 6.45) is 0.843. The van der Waals surface area contributed by atoms with E-state index < -0.39 is 5.54 Å². The first-order chi connectivity index (χ1) is 11.6. The Morgan fingerprint density at radius 2 is 1.80 bits per heavy atom. The van der Waals surface area contributed by atoms with Crippen LogP contribution in [0.3, 0.4) is 0 Å². The Labute approximate surface area is 150 Å². The van der Waals surface area contributed by atoms with Crippen molar-refractivity contribution in [1.82, 2.24) is 10.2 Å². The zero-order valence-corrected chi connectivity index (χ0v) is 16.0. The third-order valence-electron chi connectivity index (χ3n) is 4.67. The lowest BCUT2D eigenvalue weighted by molar-refractivity contribution is -0.121. The van der Waals surface area contributed by atoms with Crippen LogP contribution in [0.1, 0.15) is 52.2 Å². The monoisotopic (exact) mass is 346 g/mol. The molecular weight excluding hydrogens is 316 g/mol. The van der Waals surface area contributed by atoms with Crippen molar-refractivity contribution in [3.05, 3.63) is 35.4 Å². The molecule has 0 spiro atoms. The van der Waals surface area contributed by atoms with Crippen LogP contribution in [0.25, 0.3) is 0 Å². The first kappa shape index (κ1) is 19.3. The Morgan fingerprint density at radius 3 is 2.32 bits per heavy atom. The molecule has 5 nitrogen and oxygen atoms in total. The van der Waals surface area contributed by atoms with E-state index in [0.29, 0.717) is 32.5 Å². The summed E-state index contributed by atoms with van der Waals surface area (Å²) >= 11 is 0. The van der Waals surface area contributed by atoms with E-state index in [2.05, 4.69) is 50.4 Å². The second kappa shape index (κ2) is 7.46. The van der Waals surface area contributed by atoms with E-state index in [-0.39, 0.29) is 17.4 Å². The van der Waals surface area contributed by atoms with Crippen molar-refractivity contribution < 1.29 is 14.3 Å². The van der Waals surface area contributed by atoms with Gasteiger partial charge in [0.25, 0.3) is 0 Å². The van der Waals surface area contributed by atoms with Crippen LogP contribution in [0.2, 0.25) is 0 Å². The normalized spacial score (nSPS) is 15.2. The predicted molar refractivity (Wildman–Crippen MR) is 98.6 cm³/mol. The maximum Gasteiger partial charge on any atom is 0.410 e. The second-order valence-electron chi connectivity index (χ2n) is 8.30. The lowest BCUT2D eigenvalue weighted by Crippen LogP contribution is -2.52. The molecule has 138 valence electrons. The Morgan fingerprint density at radius 1 is 1.16 bits per heavy atom. The van der Waals surface area contributed by atoms with Crippen LogP contribution >= 0.6 is 0 Å². The van der Waals surface area contributed by atoms with Crippen molar-refractivity contribution in [1.29, 1.82) is 0 Å². The van der Waals surface area contributed by atoms with Gasteiger partial charge in [0.2, 0.25) is 5.91 Å². The molecule has 1 aliphatic heterocycles. The number of rotatable bonds is 6. The van der Waals surface area contributed by atoms with Crippen molar-refractivity contribution in [2.75, 3.05) is 19.7 Å². The van der Waals surface area contributed by atoms with Gasteiger partial charge in [0.1, 0.15) is 6.61 Å². The summed E-state index contributed by atoms with van der Waals surface area (Å²) in [4.78, 5) is 25.5. The van der Waals surface area contributed by atoms with Crippen LogP contribution in [0.15, 0.2) is 24.3 Å². The minimum absolute atomic E-state index is 0.000497. The summed E-state index contributed by atoms with van der Waals surface area (Å²) < 4.78 is 4.97. The average Bonchev–Trinajstić information content (AvgIpc) is 2.97. The summed E-state index contributed by atoms with van der Waals surface area (Å²) in [7, 11) is 0. The number of carbonyl (C=O) groups is 2. The number of ether oxygens (including phenoxy) is 1. The summed E-state index contributed by atoms with van der Waals surface area (Å²) in [6, 6.07) is 8.46. The standard InChI is InChI=1S/C20H30N2O3/c1-19(2,3)16-9-6-15(7-10-16)8-11-17(23)21-14-20(4,5)22-12-13-25-18(22)24/h6-7,9-10H,8,11-14H2,1-5H3,(H,21,23). The zero-order chi connectivity index (χ0) is 18.7. The van der Waals surface area contributed by atoms with Gasteiger partial charge >= 0.3 is 6.09 Å². The molecule has 0 unspecified atom stereocenters. The number of carbonyl (C=O) groups excluding carboxylic acids is 2. The summed E-state index contributed by atoms with van der Waals surface area (Å²) in [6.45, 7) is 11.8. The lowest BCUT2D eigenvalue weighted by Gasteiger charge is -2.33. The van der Waals surface area contributed by atoms with Gasteiger partial charge in [-0.2, -0.15) is 0 Å². The third-order valence-corrected chi connectivity index (χ3v) is 4.67. The van der Waals surface area contributed by atoms with E-state index >= 15 is 0 Å². The van der Waals surface area contributed by atoms with E-state index in [0.717, 1.165) is 5.56 Å². The zero-order valence-electron chi connectivity index (χ0n) is 16.0. The van der Waals surface area contributed by atoms with E-state index in [1.165, 1.54) is 5.56 Å². The van der Waals surface area contributed by atoms with Crippen LogP contribution in [0.4, 0.5) is 4.79 Å². The largest absolute Gasteiger partial charge is 0.448 e. The fourth-order valence-corrected chi connectivity index (χ4v) is 2.87. The minimum atomic E-state index is -0.447. The van der Waals surface area contributed by atoms with Crippen molar-refractivity contribution in [3.63, 3.8) is 0 Å². The first-order valence-electron chi connectivity index (χ1n) is 8.90. The Kier molecular flexibility index (Phi) is 5.76. The molecule has 1 heterocycles. The highest BCUT2D eigenvalue weighted by Gasteiger charge is 2.35. The molecule has 1 fully saturated rings. The number of nitrogens with one attached hydrogen (secondary N) is 1. The third kappa shape index (κ3) is 5.21. The minimum Gasteiger partial charge on any atom is -0.448 e. The maximum absolute atomic E-state index is 12.1. The Balaban J connectivity index is 1.80. The van der Waals surface area contributed by atoms with Crippen molar-refractivity contribution >= 4 is 12.0 Å². The number of nitrogens with zero attached hydrogens (tertiary/aromatic N) is 1. The molecule has 0 saturated carbocycles. The van der Waals surface area contributed by atoms with Gasteiger partial charge in [-0.3, -0.25) is 9.69 Å². The maximum atomic E-state index is 12.1. The molecule has 0 radical (unpaired) electrons. The van der Waals surface area contributed by atoms with E-state index in [1.54, 1.807) is 4.90 Å². The Hall–Kier alpha value is -2.04. The van der Waals surface area contributed by atoms with Gasteiger partial charge in [-0.1, -0.05) is 45.0 Å². The molecule has 1 aromatic rings. The number of benzene rings is 1. The summed E-state index contributed by atoms with van der Waals surface area (Å²) in [5.41, 5.74) is 2.14. The predicted octanol–water partition coefficient (Wildman–Crippen LogP) is 3.26. The van der Waals surface area contributed by atoms with Crippen LogP contribution in [0, 0.1) is 0 Å². The molecule has 2 rings (SSSR count). The smallest absolute Gasteiger partial charge is 0.410 e. The van der Waals surface area contributed by atoms with Crippen LogP contribution in [0.5, 0.6) is 0 Å². The average molecular weight is 346 g/mol. The molecule has 1 aliphatic rings. The van der Waals surface area contributed by atoms with Gasteiger partial charge in [0.05, 0.1) is 12.1 Å². The molecule has 1 saturated heterocycles. The van der Waals surface area contributed by atoms with Crippen LogP contribution < -0.4 is 5.32 Å². The molecule has 1 aromatic carbocycles. The molecule has 0 aromatic heterocycles. The highest BCUT2D eigenvalue weighted by atomic mass is 16.6. The molecule has 0 aliphatic carbocycles. The van der Waals surface area contributed by atoms with Crippen molar-refractivity contribution in [2.45, 2.75) is 58.4 Å². The van der Waals surface area contributed by atoms with Crippen molar-refractivity contribution in [2.24, 2.45) is 0 Å². The molecule has 5 heteroatoms. The van der Waals surface area contributed by atoms with Crippen LogP contribution in [-0.4, -0.2) is 42.1 Å². The lowest BCUT2D eigenvalue weighted by atomic mass is 9.86. The molecular formula is C20H30N2O3. The van der Waals surface area contributed by atoms with Gasteiger partial charge in [0.15, 0.2) is 0 Å². The van der Waals surface area contributed by atoms with E-state index in [9.17, 15) is 9.59 Å². The van der Waals surface area contributed by atoms with Crippen LogP contribution in [-0.2, 0) is 21.4 Å². The number of hydrogen-bond donors (Lipinski definition) is 1. The summed E-state index contributed by atoms with van der Waals surface area (Å²) in [5, 5.41) is 2.94. The highest BCUT2D eigenvalue weighted by molar-refractivity contribution is 5.76. The van der Waals surface area contributed by atoms with E-state index in [1.807, 2.05) is 13.8 Å². The Bertz CT molecular complexity index is 615. The number of hydrogen-bond acceptors (Lipinski definition) is 3. The van der Waals surface area contributed by atoms with Gasteiger partial charge < -0.3 is 10.1 Å². The second-order valence-corrected chi connectivity index (χ2v) is 8.30. The van der Waals surface area contributed by atoms with E-state index in [4.69, 9.17) is 4.74 Å². The fourth-order valence-electron chi connectivity index (χ4n) is 2.87. The topological polar surface area (TPSA) is 58.6 Å². The summed E-state index contributed by atoms with van der Waals surface area (Å²) in [5.74, 6) is 0.000497. The van der Waals surface area contributed by atoms with Gasteiger partial charge in [-0.25, -0.2) is 4.79 Å². The number of cyclic esters (lactones) is 1. The number of aryl methyl sites for hydroxylation is 1. The quantitative estimate of drug-likeness (QED) is 0.860. The van der Waals surface area contributed by atoms with Crippen molar-refractivity contribution in [3.8, 4) is 0 Å². The number of amides is 2. The SMILES string of the molecule is CC(C)(C)c1ccc(CCC(=O)NCC(C)(C)N2CCOC2=O)cc1. The highest BCUT2D eigenvalue weighted by Crippen LogP contribution is 2.22. The molecule has 1 N–H and O–H groups in total. The fraction of sp³-hybridized carbons (Fsp3) is 0.600. The molecule has 25 heavy (non-hydrogen) atoms. The van der Waals surface area contributed by atoms with Gasteiger partial charge in [0, 0.05) is 13.0 Å². The van der Waals surface area contributed by atoms with Gasteiger partial charge in [-0.15, -0.1) is 0 Å². The molecule has 0 atom stereocenters. The molecule has 2 amide bonds. The molecule has 0 bridgehead atoms. The van der Waals surface area contributed by atoms with Gasteiger partial charge in [-0.05, 0) is 36.8 Å².